The first-order valence-corrected chi connectivity index (χ1v) is 7.07. The Hall–Kier alpha value is -0.520. The van der Waals surface area contributed by atoms with Crippen molar-refractivity contribution < 1.29 is 0 Å². The van der Waals surface area contributed by atoms with Crippen molar-refractivity contribution in [3.05, 3.63) is 23.5 Å². The minimum atomic E-state index is 0.318. The zero-order valence-corrected chi connectivity index (χ0v) is 10.4. The van der Waals surface area contributed by atoms with Crippen LogP contribution in [0, 0.1) is 0 Å². The minimum absolute atomic E-state index is 0.318. The smallest absolute Gasteiger partial charge is 0.193 e. The molecule has 82 valence electrons. The second-order valence-corrected chi connectivity index (χ2v) is 5.41. The number of fused-ring (bicyclic) bond motifs is 1. The van der Waals surface area contributed by atoms with Crippen LogP contribution in [-0.2, 0) is 5.75 Å². The maximum atomic E-state index is 5.85. The molecule has 0 aliphatic heterocycles. The van der Waals surface area contributed by atoms with Crippen molar-refractivity contribution in [2.45, 2.75) is 25.1 Å². The molecule has 0 aliphatic carbocycles. The fourth-order valence-corrected chi connectivity index (χ4v) is 3.00. The number of nitrogens with two attached hydrogens (primary N) is 1. The number of nitrogens with zero attached hydrogens (tertiary/aromatic N) is 2. The zero-order valence-electron chi connectivity index (χ0n) is 8.72. The van der Waals surface area contributed by atoms with E-state index in [1.165, 1.54) is 0 Å². The van der Waals surface area contributed by atoms with Gasteiger partial charge in [0.15, 0.2) is 4.96 Å². The summed E-state index contributed by atoms with van der Waals surface area (Å²) in [5.74, 6) is 1.98. The summed E-state index contributed by atoms with van der Waals surface area (Å²) in [4.78, 5) is 5.59. The van der Waals surface area contributed by atoms with Crippen LogP contribution in [0.5, 0.6) is 0 Å². The molecule has 2 aromatic heterocycles. The van der Waals surface area contributed by atoms with Gasteiger partial charge in [0.1, 0.15) is 0 Å². The van der Waals surface area contributed by atoms with Gasteiger partial charge in [0.2, 0.25) is 0 Å². The van der Waals surface area contributed by atoms with Crippen LogP contribution < -0.4 is 5.73 Å². The van der Waals surface area contributed by atoms with Gasteiger partial charge in [-0.15, -0.1) is 11.3 Å². The molecule has 0 bridgehead atoms. The Labute approximate surface area is 97.7 Å². The first-order valence-electron chi connectivity index (χ1n) is 5.04. The minimum Gasteiger partial charge on any atom is -0.327 e. The second-order valence-electron chi connectivity index (χ2n) is 3.51. The summed E-state index contributed by atoms with van der Waals surface area (Å²) in [6.07, 6.45) is 5.18. The van der Waals surface area contributed by atoms with Crippen molar-refractivity contribution in [2.24, 2.45) is 5.73 Å². The van der Waals surface area contributed by atoms with Crippen LogP contribution in [0.2, 0.25) is 0 Å². The second kappa shape index (κ2) is 5.01. The van der Waals surface area contributed by atoms with Gasteiger partial charge in [0.25, 0.3) is 0 Å². The number of hydrogen-bond acceptors (Lipinski definition) is 4. The summed E-state index contributed by atoms with van der Waals surface area (Å²) in [6.45, 7) is 2.12. The van der Waals surface area contributed by atoms with E-state index in [4.69, 9.17) is 5.73 Å². The topological polar surface area (TPSA) is 43.3 Å². The van der Waals surface area contributed by atoms with Gasteiger partial charge in [-0.1, -0.05) is 6.92 Å². The van der Waals surface area contributed by atoms with Crippen molar-refractivity contribution in [3.63, 3.8) is 0 Å². The summed E-state index contributed by atoms with van der Waals surface area (Å²) in [5.41, 5.74) is 7.00. The third-order valence-corrected chi connectivity index (χ3v) is 4.18. The van der Waals surface area contributed by atoms with E-state index in [-0.39, 0.29) is 0 Å². The maximum absolute atomic E-state index is 5.85. The highest BCUT2D eigenvalue weighted by molar-refractivity contribution is 7.98. The van der Waals surface area contributed by atoms with Crippen molar-refractivity contribution in [1.29, 1.82) is 0 Å². The molecule has 0 spiro atoms. The Morgan fingerprint density at radius 2 is 2.53 bits per heavy atom. The van der Waals surface area contributed by atoms with E-state index in [1.807, 2.05) is 23.3 Å². The Morgan fingerprint density at radius 3 is 3.27 bits per heavy atom. The highest BCUT2D eigenvalue weighted by Crippen LogP contribution is 2.16. The van der Waals surface area contributed by atoms with Gasteiger partial charge in [-0.25, -0.2) is 4.98 Å². The number of hydrogen-bond donors (Lipinski definition) is 1. The monoisotopic (exact) mass is 241 g/mol. The molecule has 0 fully saturated rings. The van der Waals surface area contributed by atoms with Crippen LogP contribution in [0.15, 0.2) is 17.8 Å². The SMILES string of the molecule is CCC(N)CSCc1cn2ccsc2n1. The average molecular weight is 241 g/mol. The van der Waals surface area contributed by atoms with Gasteiger partial charge >= 0.3 is 0 Å². The van der Waals surface area contributed by atoms with E-state index in [1.54, 1.807) is 11.3 Å². The molecule has 2 aromatic rings. The van der Waals surface area contributed by atoms with Crippen LogP contribution in [0.25, 0.3) is 4.96 Å². The van der Waals surface area contributed by atoms with Crippen molar-refractivity contribution in [3.8, 4) is 0 Å². The van der Waals surface area contributed by atoms with Crippen LogP contribution >= 0.6 is 23.1 Å². The predicted molar refractivity (Wildman–Crippen MR) is 67.5 cm³/mol. The van der Waals surface area contributed by atoms with Crippen LogP contribution in [-0.4, -0.2) is 21.2 Å². The van der Waals surface area contributed by atoms with Gasteiger partial charge < -0.3 is 5.73 Å². The standard InChI is InChI=1S/C10H15N3S2/c1-2-8(11)6-14-7-9-5-13-3-4-15-10(13)12-9/h3-5,8H,2,6-7,11H2,1H3. The first-order chi connectivity index (χ1) is 7.29. The third-order valence-electron chi connectivity index (χ3n) is 2.25. The number of aromatic nitrogens is 2. The van der Waals surface area contributed by atoms with Gasteiger partial charge in [0, 0.05) is 35.3 Å². The molecular formula is C10H15N3S2. The van der Waals surface area contributed by atoms with Crippen LogP contribution in [0.3, 0.4) is 0 Å². The van der Waals surface area contributed by atoms with E-state index in [9.17, 15) is 0 Å². The Bertz CT molecular complexity index is 392. The van der Waals surface area contributed by atoms with E-state index >= 15 is 0 Å². The van der Waals surface area contributed by atoms with E-state index in [0.717, 1.165) is 28.6 Å². The van der Waals surface area contributed by atoms with E-state index < -0.39 is 0 Å². The molecule has 2 rings (SSSR count). The number of imidazole rings is 1. The van der Waals surface area contributed by atoms with E-state index in [2.05, 4.69) is 22.5 Å². The lowest BCUT2D eigenvalue weighted by Crippen LogP contribution is -2.21. The number of thiazole rings is 1. The van der Waals surface area contributed by atoms with Gasteiger partial charge in [-0.05, 0) is 6.42 Å². The predicted octanol–water partition coefficient (Wildman–Crippen LogP) is 2.37. The molecule has 3 nitrogen and oxygen atoms in total. The normalized spacial score (nSPS) is 13.5. The van der Waals surface area contributed by atoms with Crippen molar-refractivity contribution in [1.82, 2.24) is 9.38 Å². The molecule has 2 heterocycles. The molecular weight excluding hydrogens is 226 g/mol. The summed E-state index contributed by atoms with van der Waals surface area (Å²) in [6, 6.07) is 0.318. The summed E-state index contributed by atoms with van der Waals surface area (Å²) < 4.78 is 2.07. The molecule has 0 aliphatic rings. The molecule has 5 heteroatoms. The third kappa shape index (κ3) is 2.74. The molecule has 0 amide bonds. The van der Waals surface area contributed by atoms with Gasteiger partial charge in [-0.2, -0.15) is 11.8 Å². The van der Waals surface area contributed by atoms with Crippen LogP contribution in [0.1, 0.15) is 19.0 Å². The van der Waals surface area contributed by atoms with Crippen molar-refractivity contribution >= 4 is 28.1 Å². The highest BCUT2D eigenvalue weighted by atomic mass is 32.2. The molecule has 0 saturated carbocycles. The Morgan fingerprint density at radius 1 is 1.67 bits per heavy atom. The largest absolute Gasteiger partial charge is 0.327 e. The maximum Gasteiger partial charge on any atom is 0.193 e. The molecule has 1 unspecified atom stereocenters. The van der Waals surface area contributed by atoms with Gasteiger partial charge in [0.05, 0.1) is 5.69 Å². The Balaban J connectivity index is 1.87. The lowest BCUT2D eigenvalue weighted by Gasteiger charge is -2.06. The quantitative estimate of drug-likeness (QED) is 0.874. The van der Waals surface area contributed by atoms with E-state index in [0.29, 0.717) is 6.04 Å². The highest BCUT2D eigenvalue weighted by Gasteiger charge is 2.04. The molecule has 15 heavy (non-hydrogen) atoms. The van der Waals surface area contributed by atoms with Crippen LogP contribution in [0.4, 0.5) is 0 Å². The molecule has 1 atom stereocenters. The fourth-order valence-electron chi connectivity index (χ4n) is 1.28. The zero-order chi connectivity index (χ0) is 10.7. The molecule has 0 aromatic carbocycles. The lowest BCUT2D eigenvalue weighted by atomic mass is 10.3. The van der Waals surface area contributed by atoms with Gasteiger partial charge in [-0.3, -0.25) is 4.40 Å². The molecule has 0 radical (unpaired) electrons. The average Bonchev–Trinajstić information content (AvgIpc) is 2.77. The summed E-state index contributed by atoms with van der Waals surface area (Å²) in [7, 11) is 0. The molecule has 2 N–H and O–H groups in total. The summed E-state index contributed by atoms with van der Waals surface area (Å²) >= 11 is 3.53. The molecule has 0 saturated heterocycles. The number of rotatable bonds is 5. The number of thioether (sulfide) groups is 1. The summed E-state index contributed by atoms with van der Waals surface area (Å²) in [5, 5.41) is 2.05. The lowest BCUT2D eigenvalue weighted by molar-refractivity contribution is 0.724. The van der Waals surface area contributed by atoms with Crippen molar-refractivity contribution in [2.75, 3.05) is 5.75 Å². The Kier molecular flexibility index (Phi) is 3.66. The first kappa shape index (κ1) is 11.0. The fraction of sp³-hybridized carbons (Fsp3) is 0.500.